The van der Waals surface area contributed by atoms with E-state index in [9.17, 15) is 9.90 Å². The molecule has 4 aromatic rings. The Bertz CT molecular complexity index is 1140. The highest BCUT2D eigenvalue weighted by Gasteiger charge is 2.15. The predicted octanol–water partition coefficient (Wildman–Crippen LogP) is 5.07. The van der Waals surface area contributed by atoms with Gasteiger partial charge in [0.25, 0.3) is 0 Å². The van der Waals surface area contributed by atoms with E-state index in [0.717, 1.165) is 33.4 Å². The summed E-state index contributed by atoms with van der Waals surface area (Å²) in [4.78, 5) is 16.0. The van der Waals surface area contributed by atoms with Gasteiger partial charge in [-0.15, -0.1) is 0 Å². The number of rotatable bonds is 4. The number of carboxylic acids is 1. The third kappa shape index (κ3) is 2.97. The third-order valence-electron chi connectivity index (χ3n) is 4.55. The lowest BCUT2D eigenvalue weighted by atomic mass is 10.0. The molecule has 4 rings (SSSR count). The number of hydrogen-bond acceptors (Lipinski definition) is 3. The Morgan fingerprint density at radius 2 is 1.73 bits per heavy atom. The first-order chi connectivity index (χ1) is 12.6. The molecule has 0 radical (unpaired) electrons. The van der Waals surface area contributed by atoms with Crippen LogP contribution in [0.25, 0.3) is 21.7 Å². The minimum absolute atomic E-state index is 0.0699. The van der Waals surface area contributed by atoms with Crippen LogP contribution in [0.2, 0.25) is 0 Å². The van der Waals surface area contributed by atoms with Crippen molar-refractivity contribution in [1.29, 1.82) is 0 Å². The van der Waals surface area contributed by atoms with Gasteiger partial charge in [-0.05, 0) is 35.9 Å². The largest absolute Gasteiger partial charge is 0.481 e. The highest BCUT2D eigenvalue weighted by Crippen LogP contribution is 2.32. The van der Waals surface area contributed by atoms with Gasteiger partial charge in [0.15, 0.2) is 0 Å². The van der Waals surface area contributed by atoms with Crippen LogP contribution in [0.15, 0.2) is 66.7 Å². The van der Waals surface area contributed by atoms with Crippen molar-refractivity contribution in [2.24, 2.45) is 0 Å². The number of nitrogens with zero attached hydrogens (tertiary/aromatic N) is 1. The van der Waals surface area contributed by atoms with Gasteiger partial charge in [-0.3, -0.25) is 9.78 Å². The zero-order valence-corrected chi connectivity index (χ0v) is 14.4. The summed E-state index contributed by atoms with van der Waals surface area (Å²) in [6, 6.07) is 22.1. The minimum atomic E-state index is -0.869. The van der Waals surface area contributed by atoms with Crippen LogP contribution in [-0.2, 0) is 11.2 Å². The highest BCUT2D eigenvalue weighted by atomic mass is 16.4. The number of aliphatic carboxylic acids is 1. The number of pyridine rings is 1. The lowest BCUT2D eigenvalue weighted by molar-refractivity contribution is -0.136. The van der Waals surface area contributed by atoms with E-state index in [1.54, 1.807) is 0 Å². The summed E-state index contributed by atoms with van der Waals surface area (Å²) in [7, 11) is 0. The first kappa shape index (κ1) is 16.1. The number of aromatic nitrogens is 1. The molecule has 3 aromatic carbocycles. The Balaban J connectivity index is 1.88. The Hall–Kier alpha value is -3.40. The molecule has 2 N–H and O–H groups in total. The lowest BCUT2D eigenvalue weighted by Crippen LogP contribution is -2.08. The second-order valence-electron chi connectivity index (χ2n) is 6.33. The molecule has 0 saturated heterocycles. The van der Waals surface area contributed by atoms with Crippen LogP contribution in [0.5, 0.6) is 0 Å². The Morgan fingerprint density at radius 1 is 1.00 bits per heavy atom. The van der Waals surface area contributed by atoms with Gasteiger partial charge in [-0.1, -0.05) is 48.5 Å². The molecule has 1 heterocycles. The number of anilines is 2. The molecule has 0 fully saturated rings. The first-order valence-electron chi connectivity index (χ1n) is 8.47. The van der Waals surface area contributed by atoms with Crippen LogP contribution in [0.3, 0.4) is 0 Å². The van der Waals surface area contributed by atoms with Crippen LogP contribution in [0.1, 0.15) is 11.3 Å². The molecule has 0 unspecified atom stereocenters. The van der Waals surface area contributed by atoms with Crippen LogP contribution in [-0.4, -0.2) is 16.1 Å². The summed E-state index contributed by atoms with van der Waals surface area (Å²) >= 11 is 0. The van der Waals surface area contributed by atoms with Gasteiger partial charge in [0.05, 0.1) is 17.6 Å². The van der Waals surface area contributed by atoms with Crippen molar-refractivity contribution < 1.29 is 9.90 Å². The zero-order chi connectivity index (χ0) is 18.1. The molecule has 4 nitrogen and oxygen atoms in total. The third-order valence-corrected chi connectivity index (χ3v) is 4.55. The number of carboxylic acid groups (broad SMARTS) is 1. The van der Waals surface area contributed by atoms with Crippen LogP contribution >= 0.6 is 0 Å². The van der Waals surface area contributed by atoms with E-state index in [2.05, 4.69) is 34.6 Å². The van der Waals surface area contributed by atoms with E-state index >= 15 is 0 Å². The zero-order valence-electron chi connectivity index (χ0n) is 14.4. The minimum Gasteiger partial charge on any atom is -0.481 e. The molecule has 0 atom stereocenters. The fraction of sp³-hybridized carbons (Fsp3) is 0.0909. The van der Waals surface area contributed by atoms with Gasteiger partial charge in [-0.2, -0.15) is 0 Å². The fourth-order valence-corrected chi connectivity index (χ4v) is 3.30. The highest BCUT2D eigenvalue weighted by molar-refractivity contribution is 5.97. The summed E-state index contributed by atoms with van der Waals surface area (Å²) in [5.74, 6) is -0.869. The molecule has 0 saturated carbocycles. The molecule has 1 aromatic heterocycles. The van der Waals surface area contributed by atoms with Gasteiger partial charge in [0, 0.05) is 22.3 Å². The SMILES string of the molecule is Cc1nc2ccccc2c(Nc2ccc3ccccc3c2)c1CC(=O)O. The first-order valence-corrected chi connectivity index (χ1v) is 8.47. The van der Waals surface area contributed by atoms with E-state index in [-0.39, 0.29) is 6.42 Å². The molecule has 0 aliphatic heterocycles. The van der Waals surface area contributed by atoms with Crippen molar-refractivity contribution >= 4 is 39.0 Å². The second kappa shape index (κ2) is 6.48. The number of carbonyl (C=O) groups is 1. The van der Waals surface area contributed by atoms with Gasteiger partial charge in [-0.25, -0.2) is 0 Å². The molecular weight excluding hydrogens is 324 g/mol. The topological polar surface area (TPSA) is 62.2 Å². The van der Waals surface area contributed by atoms with Gasteiger partial charge in [0.1, 0.15) is 0 Å². The van der Waals surface area contributed by atoms with Gasteiger partial charge in [0.2, 0.25) is 0 Å². The average molecular weight is 342 g/mol. The molecule has 4 heteroatoms. The Labute approximate surface area is 151 Å². The maximum Gasteiger partial charge on any atom is 0.307 e. The quantitative estimate of drug-likeness (QED) is 0.544. The summed E-state index contributed by atoms with van der Waals surface area (Å²) < 4.78 is 0. The van der Waals surface area contributed by atoms with Gasteiger partial charge >= 0.3 is 5.97 Å². The fourth-order valence-electron chi connectivity index (χ4n) is 3.30. The summed E-state index contributed by atoms with van der Waals surface area (Å²) in [5.41, 5.74) is 4.03. The van der Waals surface area contributed by atoms with E-state index in [4.69, 9.17) is 0 Å². The smallest absolute Gasteiger partial charge is 0.307 e. The molecule has 0 amide bonds. The molecule has 0 bridgehead atoms. The van der Waals surface area contributed by atoms with Crippen LogP contribution in [0.4, 0.5) is 11.4 Å². The molecule has 128 valence electrons. The average Bonchev–Trinajstić information content (AvgIpc) is 2.64. The van der Waals surface area contributed by atoms with Crippen molar-refractivity contribution in [2.75, 3.05) is 5.32 Å². The Morgan fingerprint density at radius 3 is 2.54 bits per heavy atom. The number of aryl methyl sites for hydroxylation is 1. The normalized spacial score (nSPS) is 11.0. The standard InChI is InChI=1S/C22H18N2O2/c1-14-19(13-21(25)26)22(18-8-4-5-9-20(18)23-14)24-17-11-10-15-6-2-3-7-16(15)12-17/h2-12H,13H2,1H3,(H,23,24)(H,25,26). The molecular formula is C22H18N2O2. The van der Waals surface area contributed by atoms with Crippen molar-refractivity contribution in [3.05, 3.63) is 78.0 Å². The molecule has 0 aliphatic rings. The molecule has 26 heavy (non-hydrogen) atoms. The van der Waals surface area contributed by atoms with Crippen molar-refractivity contribution in [3.63, 3.8) is 0 Å². The number of benzene rings is 3. The Kier molecular flexibility index (Phi) is 4.01. The summed E-state index contributed by atoms with van der Waals surface area (Å²) in [5, 5.41) is 16.0. The lowest BCUT2D eigenvalue weighted by Gasteiger charge is -2.16. The second-order valence-corrected chi connectivity index (χ2v) is 6.33. The van der Waals surface area contributed by atoms with Crippen LogP contribution < -0.4 is 5.32 Å². The molecule has 0 aliphatic carbocycles. The number of fused-ring (bicyclic) bond motifs is 2. The van der Waals surface area contributed by atoms with E-state index in [1.807, 2.05) is 49.4 Å². The number of nitrogens with one attached hydrogen (secondary N) is 1. The van der Waals surface area contributed by atoms with Crippen molar-refractivity contribution in [2.45, 2.75) is 13.3 Å². The van der Waals surface area contributed by atoms with Crippen molar-refractivity contribution in [3.8, 4) is 0 Å². The number of hydrogen-bond donors (Lipinski definition) is 2. The maximum absolute atomic E-state index is 11.4. The van der Waals surface area contributed by atoms with Gasteiger partial charge < -0.3 is 10.4 Å². The summed E-state index contributed by atoms with van der Waals surface area (Å²) in [6.07, 6.45) is -0.0699. The van der Waals surface area contributed by atoms with Crippen LogP contribution in [0, 0.1) is 6.92 Å². The summed E-state index contributed by atoms with van der Waals surface area (Å²) in [6.45, 7) is 1.86. The molecule has 0 spiro atoms. The van der Waals surface area contributed by atoms with Crippen molar-refractivity contribution in [1.82, 2.24) is 4.98 Å². The predicted molar refractivity (Wildman–Crippen MR) is 105 cm³/mol. The van der Waals surface area contributed by atoms with E-state index in [1.165, 1.54) is 5.39 Å². The monoisotopic (exact) mass is 342 g/mol. The maximum atomic E-state index is 11.4. The van der Waals surface area contributed by atoms with E-state index < -0.39 is 5.97 Å². The number of para-hydroxylation sites is 1. The van der Waals surface area contributed by atoms with E-state index in [0.29, 0.717) is 5.56 Å².